The number of fused-ring (bicyclic) bond motifs is 1. The number of nitrogens with zero attached hydrogens (tertiary/aromatic N) is 1. The van der Waals surface area contributed by atoms with Crippen molar-refractivity contribution in [2.75, 3.05) is 0 Å². The fourth-order valence-electron chi connectivity index (χ4n) is 4.48. The van der Waals surface area contributed by atoms with Crippen LogP contribution in [0.1, 0.15) is 23.7 Å². The molecule has 10 nitrogen and oxygen atoms in total. The first-order valence-corrected chi connectivity index (χ1v) is 14.1. The second-order valence-electron chi connectivity index (χ2n) is 9.69. The fraction of sp³-hybridized carbons (Fsp3) is 0.233. The first-order valence-electron chi connectivity index (χ1n) is 13.0. The molecular weight excluding hydrogens is 637 g/mol. The summed E-state index contributed by atoms with van der Waals surface area (Å²) >= 11 is 2.18. The van der Waals surface area contributed by atoms with Gasteiger partial charge < -0.3 is 26.0 Å². The quantitative estimate of drug-likeness (QED) is 0.147. The van der Waals surface area contributed by atoms with E-state index in [0.717, 1.165) is 25.5 Å². The topological polar surface area (TPSA) is 153 Å². The summed E-state index contributed by atoms with van der Waals surface area (Å²) in [6, 6.07) is 17.5. The normalized spacial score (nSPS) is 13.1. The Morgan fingerprint density at radius 2 is 1.41 bits per heavy atom. The SMILES string of the molecule is CC(=O)N[C@H](Cc1ccc(I)cc1)C(=O)N[C@@H](Cc1c[nH]cn1)C(=O)N[C@@H](Cc1ccc2ccccc2c1)C(=O)O. The van der Waals surface area contributed by atoms with Gasteiger partial charge in [0.05, 0.1) is 12.0 Å². The molecule has 1 heterocycles. The maximum Gasteiger partial charge on any atom is 0.326 e. The molecule has 4 rings (SSSR count). The number of aromatic amines is 1. The zero-order valence-corrected chi connectivity index (χ0v) is 24.4. The van der Waals surface area contributed by atoms with Gasteiger partial charge in [0.25, 0.3) is 0 Å². The van der Waals surface area contributed by atoms with Gasteiger partial charge in [-0.1, -0.05) is 54.6 Å². The van der Waals surface area contributed by atoms with Gasteiger partial charge in [-0.2, -0.15) is 0 Å². The second kappa shape index (κ2) is 13.9. The Kier molecular flexibility index (Phi) is 10.1. The lowest BCUT2D eigenvalue weighted by molar-refractivity contribution is -0.142. The molecule has 0 fully saturated rings. The molecule has 5 N–H and O–H groups in total. The number of carbonyl (C=O) groups is 4. The first-order chi connectivity index (χ1) is 19.7. The van der Waals surface area contributed by atoms with E-state index in [4.69, 9.17) is 0 Å². The Hall–Kier alpha value is -4.26. The molecule has 3 amide bonds. The predicted molar refractivity (Wildman–Crippen MR) is 162 cm³/mol. The molecule has 0 bridgehead atoms. The van der Waals surface area contributed by atoms with Gasteiger partial charge in [-0.3, -0.25) is 14.4 Å². The molecule has 0 saturated heterocycles. The highest BCUT2D eigenvalue weighted by molar-refractivity contribution is 14.1. The number of hydrogen-bond donors (Lipinski definition) is 5. The predicted octanol–water partition coefficient (Wildman–Crippen LogP) is 2.75. The third-order valence-corrected chi connectivity index (χ3v) is 7.24. The molecule has 212 valence electrons. The third kappa shape index (κ3) is 8.61. The molecule has 0 spiro atoms. The Morgan fingerprint density at radius 3 is 2.05 bits per heavy atom. The largest absolute Gasteiger partial charge is 0.480 e. The number of aliphatic carboxylic acids is 1. The lowest BCUT2D eigenvalue weighted by atomic mass is 10.0. The van der Waals surface area contributed by atoms with E-state index >= 15 is 0 Å². The van der Waals surface area contributed by atoms with Gasteiger partial charge in [-0.05, 0) is 56.6 Å². The van der Waals surface area contributed by atoms with Crippen LogP contribution >= 0.6 is 22.6 Å². The molecule has 1 aromatic heterocycles. The highest BCUT2D eigenvalue weighted by Crippen LogP contribution is 2.17. The molecule has 0 radical (unpaired) electrons. The number of benzene rings is 3. The highest BCUT2D eigenvalue weighted by atomic mass is 127. The molecule has 0 aliphatic heterocycles. The van der Waals surface area contributed by atoms with Gasteiger partial charge >= 0.3 is 5.97 Å². The van der Waals surface area contributed by atoms with Crippen LogP contribution in [-0.4, -0.2) is 56.9 Å². The van der Waals surface area contributed by atoms with Gasteiger partial charge in [0.1, 0.15) is 18.1 Å². The zero-order valence-electron chi connectivity index (χ0n) is 22.3. The van der Waals surface area contributed by atoms with Gasteiger partial charge in [0.15, 0.2) is 0 Å². The van der Waals surface area contributed by atoms with Crippen molar-refractivity contribution in [2.24, 2.45) is 0 Å². The average Bonchev–Trinajstić information content (AvgIpc) is 3.46. The lowest BCUT2D eigenvalue weighted by Crippen LogP contribution is -2.57. The van der Waals surface area contributed by atoms with Crippen LogP contribution in [0.3, 0.4) is 0 Å². The number of nitrogens with one attached hydrogen (secondary N) is 4. The van der Waals surface area contributed by atoms with E-state index in [2.05, 4.69) is 48.5 Å². The first kappa shape index (κ1) is 29.7. The Bertz CT molecular complexity index is 1520. The van der Waals surface area contributed by atoms with Gasteiger partial charge in [-0.15, -0.1) is 0 Å². The number of hydrogen-bond acceptors (Lipinski definition) is 5. The molecule has 41 heavy (non-hydrogen) atoms. The third-order valence-electron chi connectivity index (χ3n) is 6.52. The van der Waals surface area contributed by atoms with Crippen LogP contribution < -0.4 is 16.0 Å². The average molecular weight is 668 g/mol. The van der Waals surface area contributed by atoms with Crippen LogP contribution in [-0.2, 0) is 38.4 Å². The van der Waals surface area contributed by atoms with Gasteiger partial charge in [0, 0.05) is 36.0 Å². The van der Waals surface area contributed by atoms with Crippen LogP contribution in [0.25, 0.3) is 10.8 Å². The number of rotatable bonds is 12. The summed E-state index contributed by atoms with van der Waals surface area (Å²) in [5.41, 5.74) is 2.07. The summed E-state index contributed by atoms with van der Waals surface area (Å²) < 4.78 is 1.03. The maximum absolute atomic E-state index is 13.4. The van der Waals surface area contributed by atoms with Crippen molar-refractivity contribution in [3.63, 3.8) is 0 Å². The molecule has 0 unspecified atom stereocenters. The molecule has 0 saturated carbocycles. The van der Waals surface area contributed by atoms with E-state index in [9.17, 15) is 24.3 Å². The summed E-state index contributed by atoms with van der Waals surface area (Å²) in [5.74, 6) is -2.85. The number of carbonyl (C=O) groups excluding carboxylic acids is 3. The van der Waals surface area contributed by atoms with Crippen LogP contribution in [0.4, 0.5) is 0 Å². The molecule has 0 aliphatic carbocycles. The van der Waals surface area contributed by atoms with Gasteiger partial charge in [-0.25, -0.2) is 9.78 Å². The summed E-state index contributed by atoms with van der Waals surface area (Å²) in [6.07, 6.45) is 3.31. The van der Waals surface area contributed by atoms with Crippen molar-refractivity contribution in [1.29, 1.82) is 0 Å². The lowest BCUT2D eigenvalue weighted by Gasteiger charge is -2.24. The Balaban J connectivity index is 1.51. The molecule has 4 aromatic rings. The van der Waals surface area contributed by atoms with Crippen molar-refractivity contribution in [2.45, 2.75) is 44.3 Å². The van der Waals surface area contributed by atoms with Crippen molar-refractivity contribution in [3.8, 4) is 0 Å². The second-order valence-corrected chi connectivity index (χ2v) is 10.9. The number of imidazole rings is 1. The van der Waals surface area contributed by atoms with Crippen LogP contribution in [0, 0.1) is 3.57 Å². The van der Waals surface area contributed by atoms with Crippen molar-refractivity contribution in [1.82, 2.24) is 25.9 Å². The summed E-state index contributed by atoms with van der Waals surface area (Å²) in [7, 11) is 0. The van der Waals surface area contributed by atoms with E-state index in [1.807, 2.05) is 66.7 Å². The van der Waals surface area contributed by atoms with Crippen molar-refractivity contribution in [3.05, 3.63) is 99.6 Å². The Morgan fingerprint density at radius 1 is 0.805 bits per heavy atom. The molecule has 3 atom stereocenters. The minimum Gasteiger partial charge on any atom is -0.480 e. The van der Waals surface area contributed by atoms with E-state index in [0.29, 0.717) is 5.69 Å². The van der Waals surface area contributed by atoms with Crippen LogP contribution in [0.5, 0.6) is 0 Å². The molecular formula is C30H30IN5O5. The number of carboxylic acid groups (broad SMARTS) is 1. The van der Waals surface area contributed by atoms with E-state index in [-0.39, 0.29) is 19.3 Å². The number of aromatic nitrogens is 2. The molecule has 3 aromatic carbocycles. The zero-order chi connectivity index (χ0) is 29.4. The van der Waals surface area contributed by atoms with E-state index in [1.165, 1.54) is 13.3 Å². The molecule has 0 aliphatic rings. The Labute approximate surface area is 250 Å². The monoisotopic (exact) mass is 667 g/mol. The van der Waals surface area contributed by atoms with E-state index in [1.54, 1.807) is 6.20 Å². The number of carboxylic acids is 1. The minimum absolute atomic E-state index is 0.0136. The van der Waals surface area contributed by atoms with Gasteiger partial charge in [0.2, 0.25) is 17.7 Å². The number of amides is 3. The fourth-order valence-corrected chi connectivity index (χ4v) is 4.84. The van der Waals surface area contributed by atoms with E-state index < -0.39 is 41.8 Å². The smallest absolute Gasteiger partial charge is 0.326 e. The summed E-state index contributed by atoms with van der Waals surface area (Å²) in [6.45, 7) is 1.31. The maximum atomic E-state index is 13.4. The van der Waals surface area contributed by atoms with Crippen LogP contribution in [0.15, 0.2) is 79.3 Å². The molecule has 11 heteroatoms. The van der Waals surface area contributed by atoms with Crippen molar-refractivity contribution < 1.29 is 24.3 Å². The highest BCUT2D eigenvalue weighted by Gasteiger charge is 2.30. The summed E-state index contributed by atoms with van der Waals surface area (Å²) in [5, 5.41) is 19.9. The summed E-state index contributed by atoms with van der Waals surface area (Å²) in [4.78, 5) is 57.8. The standard InChI is InChI=1S/C30H30IN5O5/c1-18(37)34-25(13-19-7-10-23(31)11-8-19)28(38)35-26(15-24-16-32-17-33-24)29(39)36-27(30(40)41)14-20-6-9-21-4-2-3-5-22(21)12-20/h2-12,16-17,25-27H,13-15H2,1H3,(H,32,33)(H,34,37)(H,35,38)(H,36,39)(H,40,41)/t25-,26+,27+/m1/s1. The number of H-pyrrole nitrogens is 1. The number of halogens is 1. The van der Waals surface area contributed by atoms with Crippen LogP contribution in [0.2, 0.25) is 0 Å². The van der Waals surface area contributed by atoms with Crippen molar-refractivity contribution >= 4 is 57.1 Å². The minimum atomic E-state index is -1.24.